The summed E-state index contributed by atoms with van der Waals surface area (Å²) in [5, 5.41) is 14.3. The smallest absolute Gasteiger partial charge is 0.235 e. The molecule has 0 bridgehead atoms. The van der Waals surface area contributed by atoms with Gasteiger partial charge in [-0.3, -0.25) is 14.6 Å². The number of nitrogens with one attached hydrogen (secondary N) is 2. The molecule has 8 heteroatoms. The van der Waals surface area contributed by atoms with Gasteiger partial charge in [0.1, 0.15) is 5.82 Å². The quantitative estimate of drug-likeness (QED) is 0.701. The molecule has 118 valence electrons. The maximum absolute atomic E-state index is 11.9. The normalized spacial score (nSPS) is 10.7. The van der Waals surface area contributed by atoms with Crippen LogP contribution in [-0.2, 0) is 11.8 Å². The summed E-state index contributed by atoms with van der Waals surface area (Å²) >= 11 is 1.28. The van der Waals surface area contributed by atoms with Gasteiger partial charge in [0.2, 0.25) is 11.1 Å². The molecule has 2 N–H and O–H groups in total. The average Bonchev–Trinajstić information content (AvgIpc) is 3.16. The summed E-state index contributed by atoms with van der Waals surface area (Å²) in [5.74, 6) is 1.46. The van der Waals surface area contributed by atoms with Crippen LogP contribution in [0.15, 0.2) is 41.7 Å². The fourth-order valence-electron chi connectivity index (χ4n) is 1.96. The van der Waals surface area contributed by atoms with Gasteiger partial charge in [-0.2, -0.15) is 5.10 Å². The van der Waals surface area contributed by atoms with Crippen LogP contribution in [0, 0.1) is 6.92 Å². The third-order valence-corrected chi connectivity index (χ3v) is 4.06. The molecule has 0 aliphatic carbocycles. The molecule has 0 aliphatic rings. The van der Waals surface area contributed by atoms with Gasteiger partial charge in [0.25, 0.3) is 0 Å². The van der Waals surface area contributed by atoms with Gasteiger partial charge in [-0.05, 0) is 6.92 Å². The minimum absolute atomic E-state index is 0.125. The number of aryl methyl sites for hydroxylation is 2. The predicted octanol–water partition coefficient (Wildman–Crippen LogP) is 2.24. The van der Waals surface area contributed by atoms with Crippen molar-refractivity contribution in [3.05, 3.63) is 42.1 Å². The lowest BCUT2D eigenvalue weighted by atomic mass is 10.1. The standard InChI is InChI=1S/C15H16N6OS/c1-10-3-5-11(6-4-10)14-18-15(20-19-14)23-9-13(22)17-12-7-8-16-21(12)2/h3-8H,9H2,1-2H3,(H,17,22)(H,18,19,20). The highest BCUT2D eigenvalue weighted by molar-refractivity contribution is 7.99. The molecule has 0 aliphatic heterocycles. The molecule has 1 aromatic carbocycles. The SMILES string of the molecule is Cc1ccc(-c2nc(SCC(=O)Nc3ccnn3C)n[nH]2)cc1. The molecular weight excluding hydrogens is 312 g/mol. The third-order valence-electron chi connectivity index (χ3n) is 3.21. The van der Waals surface area contributed by atoms with E-state index in [0.717, 1.165) is 5.56 Å². The monoisotopic (exact) mass is 328 g/mol. The van der Waals surface area contributed by atoms with Crippen LogP contribution in [0.5, 0.6) is 0 Å². The summed E-state index contributed by atoms with van der Waals surface area (Å²) < 4.78 is 1.60. The lowest BCUT2D eigenvalue weighted by Crippen LogP contribution is -2.16. The van der Waals surface area contributed by atoms with Crippen LogP contribution in [-0.4, -0.2) is 36.6 Å². The highest BCUT2D eigenvalue weighted by Gasteiger charge is 2.10. The van der Waals surface area contributed by atoms with Crippen molar-refractivity contribution in [3.8, 4) is 11.4 Å². The van der Waals surface area contributed by atoms with Crippen LogP contribution in [0.25, 0.3) is 11.4 Å². The molecular formula is C15H16N6OS. The molecule has 0 spiro atoms. The van der Waals surface area contributed by atoms with Crippen LogP contribution in [0.1, 0.15) is 5.56 Å². The second kappa shape index (κ2) is 6.66. The number of amides is 1. The largest absolute Gasteiger partial charge is 0.310 e. The molecule has 3 aromatic rings. The number of H-pyrrole nitrogens is 1. The topological polar surface area (TPSA) is 88.5 Å². The number of aromatic nitrogens is 5. The summed E-state index contributed by atoms with van der Waals surface area (Å²) in [4.78, 5) is 16.3. The van der Waals surface area contributed by atoms with E-state index in [9.17, 15) is 4.79 Å². The van der Waals surface area contributed by atoms with E-state index in [1.54, 1.807) is 24.0 Å². The van der Waals surface area contributed by atoms with Crippen molar-refractivity contribution in [2.75, 3.05) is 11.1 Å². The zero-order chi connectivity index (χ0) is 16.2. The van der Waals surface area contributed by atoms with Crippen LogP contribution in [0.3, 0.4) is 0 Å². The van der Waals surface area contributed by atoms with E-state index in [0.29, 0.717) is 16.8 Å². The maximum Gasteiger partial charge on any atom is 0.235 e. The number of benzene rings is 1. The fraction of sp³-hybridized carbons (Fsp3) is 0.200. The lowest BCUT2D eigenvalue weighted by Gasteiger charge is -2.03. The Bertz CT molecular complexity index is 807. The van der Waals surface area contributed by atoms with Crippen molar-refractivity contribution in [2.24, 2.45) is 7.05 Å². The molecule has 0 unspecified atom stereocenters. The van der Waals surface area contributed by atoms with E-state index in [2.05, 4.69) is 25.6 Å². The van der Waals surface area contributed by atoms with Gasteiger partial charge in [0, 0.05) is 18.7 Å². The summed E-state index contributed by atoms with van der Waals surface area (Å²) in [7, 11) is 1.77. The van der Waals surface area contributed by atoms with E-state index < -0.39 is 0 Å². The average molecular weight is 328 g/mol. The number of hydrogen-bond acceptors (Lipinski definition) is 5. The first kappa shape index (κ1) is 15.3. The first-order valence-electron chi connectivity index (χ1n) is 7.02. The third kappa shape index (κ3) is 3.78. The molecule has 2 heterocycles. The van der Waals surface area contributed by atoms with E-state index in [1.165, 1.54) is 17.3 Å². The van der Waals surface area contributed by atoms with Gasteiger partial charge in [-0.25, -0.2) is 4.98 Å². The molecule has 1 amide bonds. The minimum atomic E-state index is -0.125. The maximum atomic E-state index is 11.9. The number of aromatic amines is 1. The van der Waals surface area contributed by atoms with Crippen molar-refractivity contribution in [3.63, 3.8) is 0 Å². The minimum Gasteiger partial charge on any atom is -0.310 e. The summed E-state index contributed by atoms with van der Waals surface area (Å²) in [6.45, 7) is 2.03. The number of rotatable bonds is 5. The molecule has 3 rings (SSSR count). The van der Waals surface area contributed by atoms with Gasteiger partial charge in [0.05, 0.1) is 11.9 Å². The number of thioether (sulfide) groups is 1. The first-order chi connectivity index (χ1) is 11.1. The van der Waals surface area contributed by atoms with E-state index in [4.69, 9.17) is 0 Å². The molecule has 0 fully saturated rings. The van der Waals surface area contributed by atoms with Gasteiger partial charge in [-0.15, -0.1) is 5.10 Å². The second-order valence-corrected chi connectivity index (χ2v) is 5.95. The number of carbonyl (C=O) groups is 1. The predicted molar refractivity (Wildman–Crippen MR) is 89.1 cm³/mol. The van der Waals surface area contributed by atoms with Gasteiger partial charge in [-0.1, -0.05) is 41.6 Å². The number of anilines is 1. The zero-order valence-electron chi connectivity index (χ0n) is 12.8. The summed E-state index contributed by atoms with van der Waals surface area (Å²) in [6, 6.07) is 9.75. The van der Waals surface area contributed by atoms with Crippen LogP contribution < -0.4 is 5.32 Å². The second-order valence-electron chi connectivity index (χ2n) is 5.01. The molecule has 7 nitrogen and oxygen atoms in total. The van der Waals surface area contributed by atoms with Crippen molar-refractivity contribution >= 4 is 23.5 Å². The Morgan fingerprint density at radius 3 is 2.78 bits per heavy atom. The van der Waals surface area contributed by atoms with E-state index in [-0.39, 0.29) is 11.7 Å². The number of carbonyl (C=O) groups excluding carboxylic acids is 1. The first-order valence-corrected chi connectivity index (χ1v) is 8.00. The van der Waals surface area contributed by atoms with Crippen LogP contribution in [0.4, 0.5) is 5.82 Å². The Morgan fingerprint density at radius 2 is 2.09 bits per heavy atom. The van der Waals surface area contributed by atoms with Crippen molar-refractivity contribution in [2.45, 2.75) is 12.1 Å². The lowest BCUT2D eigenvalue weighted by molar-refractivity contribution is -0.113. The number of hydrogen-bond donors (Lipinski definition) is 2. The van der Waals surface area contributed by atoms with Gasteiger partial charge in [0.15, 0.2) is 5.82 Å². The van der Waals surface area contributed by atoms with E-state index in [1.807, 2.05) is 31.2 Å². The van der Waals surface area contributed by atoms with Crippen molar-refractivity contribution in [1.82, 2.24) is 25.0 Å². The zero-order valence-corrected chi connectivity index (χ0v) is 13.6. The summed E-state index contributed by atoms with van der Waals surface area (Å²) in [5.41, 5.74) is 2.16. The number of nitrogens with zero attached hydrogens (tertiary/aromatic N) is 4. The Morgan fingerprint density at radius 1 is 1.30 bits per heavy atom. The molecule has 0 saturated heterocycles. The van der Waals surface area contributed by atoms with Crippen LogP contribution in [0.2, 0.25) is 0 Å². The molecule has 0 radical (unpaired) electrons. The summed E-state index contributed by atoms with van der Waals surface area (Å²) in [6.07, 6.45) is 1.63. The Labute approximate surface area is 137 Å². The van der Waals surface area contributed by atoms with Gasteiger partial charge >= 0.3 is 0 Å². The highest BCUT2D eigenvalue weighted by atomic mass is 32.2. The fourth-order valence-corrected chi connectivity index (χ4v) is 2.56. The van der Waals surface area contributed by atoms with Gasteiger partial charge < -0.3 is 5.32 Å². The Hall–Kier alpha value is -2.61. The van der Waals surface area contributed by atoms with Crippen LogP contribution >= 0.6 is 11.8 Å². The molecule has 0 atom stereocenters. The Balaban J connectivity index is 1.58. The van der Waals surface area contributed by atoms with Crippen molar-refractivity contribution in [1.29, 1.82) is 0 Å². The molecule has 2 aromatic heterocycles. The van der Waals surface area contributed by atoms with E-state index >= 15 is 0 Å². The Kier molecular flexibility index (Phi) is 4.42. The van der Waals surface area contributed by atoms with Crippen molar-refractivity contribution < 1.29 is 4.79 Å². The highest BCUT2D eigenvalue weighted by Crippen LogP contribution is 2.19. The molecule has 23 heavy (non-hydrogen) atoms. The molecule has 0 saturated carbocycles.